The van der Waals surface area contributed by atoms with Crippen LogP contribution in [0.1, 0.15) is 58.2 Å². The predicted molar refractivity (Wildman–Crippen MR) is 92.9 cm³/mol. The standard InChI is InChI=1S/C17H31N5O2/c1-12(2)16-20-15(24-21-16)7-8-18-17(23)19-10-14(4)22-9-5-6-13(3)11-22/h12-14H,5-11H2,1-4H3,(H2,18,19,23). The van der Waals surface area contributed by atoms with Crippen molar-refractivity contribution < 1.29 is 9.32 Å². The quantitative estimate of drug-likeness (QED) is 0.796. The smallest absolute Gasteiger partial charge is 0.314 e. The fourth-order valence-electron chi connectivity index (χ4n) is 2.95. The molecule has 2 atom stereocenters. The zero-order valence-electron chi connectivity index (χ0n) is 15.3. The fourth-order valence-corrected chi connectivity index (χ4v) is 2.95. The minimum absolute atomic E-state index is 0.143. The van der Waals surface area contributed by atoms with Gasteiger partial charge in [0.2, 0.25) is 5.89 Å². The first-order valence-corrected chi connectivity index (χ1v) is 9.04. The number of amides is 2. The second-order valence-electron chi connectivity index (χ2n) is 7.18. The van der Waals surface area contributed by atoms with E-state index in [4.69, 9.17) is 4.52 Å². The molecule has 1 aromatic rings. The van der Waals surface area contributed by atoms with Gasteiger partial charge in [0.15, 0.2) is 5.82 Å². The van der Waals surface area contributed by atoms with Gasteiger partial charge < -0.3 is 15.2 Å². The van der Waals surface area contributed by atoms with Crippen LogP contribution in [-0.2, 0) is 6.42 Å². The Morgan fingerprint density at radius 3 is 2.83 bits per heavy atom. The van der Waals surface area contributed by atoms with Crippen LogP contribution in [0, 0.1) is 5.92 Å². The largest absolute Gasteiger partial charge is 0.339 e. The fraction of sp³-hybridized carbons (Fsp3) is 0.824. The number of piperidine rings is 1. The summed E-state index contributed by atoms with van der Waals surface area (Å²) in [7, 11) is 0. The number of likely N-dealkylation sites (tertiary alicyclic amines) is 1. The molecule has 2 N–H and O–H groups in total. The summed E-state index contributed by atoms with van der Waals surface area (Å²) >= 11 is 0. The molecule has 0 saturated carbocycles. The molecule has 1 fully saturated rings. The molecule has 1 aliphatic rings. The predicted octanol–water partition coefficient (Wildman–Crippen LogP) is 2.16. The van der Waals surface area contributed by atoms with Gasteiger partial charge >= 0.3 is 6.03 Å². The maximum absolute atomic E-state index is 11.9. The highest BCUT2D eigenvalue weighted by molar-refractivity contribution is 5.73. The highest BCUT2D eigenvalue weighted by Crippen LogP contribution is 2.17. The lowest BCUT2D eigenvalue weighted by Crippen LogP contribution is -2.48. The molecule has 0 bridgehead atoms. The van der Waals surface area contributed by atoms with Gasteiger partial charge in [0.1, 0.15) is 0 Å². The van der Waals surface area contributed by atoms with Gasteiger partial charge in [-0.2, -0.15) is 4.98 Å². The first-order chi connectivity index (χ1) is 11.5. The summed E-state index contributed by atoms with van der Waals surface area (Å²) in [6.45, 7) is 11.9. The average molecular weight is 337 g/mol. The molecule has 2 heterocycles. The molecular weight excluding hydrogens is 306 g/mol. The van der Waals surface area contributed by atoms with Crippen molar-refractivity contribution in [2.75, 3.05) is 26.2 Å². The van der Waals surface area contributed by atoms with E-state index in [2.05, 4.69) is 39.5 Å². The van der Waals surface area contributed by atoms with E-state index in [0.717, 1.165) is 19.0 Å². The Morgan fingerprint density at radius 1 is 1.38 bits per heavy atom. The number of urea groups is 1. The van der Waals surface area contributed by atoms with Gasteiger partial charge in [-0.1, -0.05) is 25.9 Å². The lowest BCUT2D eigenvalue weighted by Gasteiger charge is -2.35. The van der Waals surface area contributed by atoms with Gasteiger partial charge in [0.25, 0.3) is 0 Å². The average Bonchev–Trinajstić information content (AvgIpc) is 3.02. The van der Waals surface area contributed by atoms with Crippen molar-refractivity contribution in [2.24, 2.45) is 5.92 Å². The molecule has 0 aromatic carbocycles. The summed E-state index contributed by atoms with van der Waals surface area (Å²) in [5.74, 6) is 2.27. The van der Waals surface area contributed by atoms with Crippen LogP contribution in [0.25, 0.3) is 0 Å². The van der Waals surface area contributed by atoms with Gasteiger partial charge in [-0.15, -0.1) is 0 Å². The number of carbonyl (C=O) groups excluding carboxylic acids is 1. The van der Waals surface area contributed by atoms with E-state index in [-0.39, 0.29) is 11.9 Å². The van der Waals surface area contributed by atoms with Gasteiger partial charge in [0.05, 0.1) is 0 Å². The second kappa shape index (κ2) is 9.01. The number of hydrogen-bond acceptors (Lipinski definition) is 5. The van der Waals surface area contributed by atoms with Gasteiger partial charge in [-0.05, 0) is 32.2 Å². The van der Waals surface area contributed by atoms with E-state index in [1.807, 2.05) is 13.8 Å². The first-order valence-electron chi connectivity index (χ1n) is 9.04. The highest BCUT2D eigenvalue weighted by Gasteiger charge is 2.21. The van der Waals surface area contributed by atoms with E-state index in [0.29, 0.717) is 37.3 Å². The molecule has 2 amide bonds. The number of carbonyl (C=O) groups is 1. The van der Waals surface area contributed by atoms with Crippen LogP contribution >= 0.6 is 0 Å². The van der Waals surface area contributed by atoms with Crippen molar-refractivity contribution >= 4 is 6.03 Å². The summed E-state index contributed by atoms with van der Waals surface area (Å²) in [5, 5.41) is 9.70. The summed E-state index contributed by atoms with van der Waals surface area (Å²) in [6, 6.07) is 0.221. The van der Waals surface area contributed by atoms with Crippen LogP contribution in [0.2, 0.25) is 0 Å². The maximum Gasteiger partial charge on any atom is 0.314 e. The van der Waals surface area contributed by atoms with Crippen molar-refractivity contribution in [2.45, 2.75) is 58.9 Å². The van der Waals surface area contributed by atoms with Crippen LogP contribution in [-0.4, -0.2) is 53.3 Å². The van der Waals surface area contributed by atoms with E-state index >= 15 is 0 Å². The Morgan fingerprint density at radius 2 is 2.17 bits per heavy atom. The lowest BCUT2D eigenvalue weighted by atomic mass is 9.99. The highest BCUT2D eigenvalue weighted by atomic mass is 16.5. The van der Waals surface area contributed by atoms with Gasteiger partial charge in [-0.25, -0.2) is 4.79 Å². The number of hydrogen-bond donors (Lipinski definition) is 2. The van der Waals surface area contributed by atoms with E-state index in [9.17, 15) is 4.79 Å². The van der Waals surface area contributed by atoms with Crippen molar-refractivity contribution in [1.82, 2.24) is 25.7 Å². The summed E-state index contributed by atoms with van der Waals surface area (Å²) in [6.07, 6.45) is 3.11. The number of aromatic nitrogens is 2. The molecule has 1 saturated heterocycles. The maximum atomic E-state index is 11.9. The molecule has 136 valence electrons. The van der Waals surface area contributed by atoms with Crippen LogP contribution in [0.15, 0.2) is 4.52 Å². The van der Waals surface area contributed by atoms with Crippen molar-refractivity contribution in [3.63, 3.8) is 0 Å². The molecule has 0 aliphatic carbocycles. The molecule has 7 heteroatoms. The number of nitrogens with one attached hydrogen (secondary N) is 2. The minimum atomic E-state index is -0.143. The van der Waals surface area contributed by atoms with E-state index in [1.165, 1.54) is 12.8 Å². The third-order valence-electron chi connectivity index (χ3n) is 4.49. The van der Waals surface area contributed by atoms with E-state index < -0.39 is 0 Å². The first kappa shape index (κ1) is 18.7. The van der Waals surface area contributed by atoms with Gasteiger partial charge in [0, 0.05) is 38.0 Å². The van der Waals surface area contributed by atoms with Crippen molar-refractivity contribution in [3.8, 4) is 0 Å². The van der Waals surface area contributed by atoms with Crippen LogP contribution in [0.4, 0.5) is 4.79 Å². The monoisotopic (exact) mass is 337 g/mol. The zero-order chi connectivity index (χ0) is 17.5. The van der Waals surface area contributed by atoms with E-state index in [1.54, 1.807) is 0 Å². The molecule has 2 rings (SSSR count). The molecule has 1 aliphatic heterocycles. The molecule has 0 spiro atoms. The Balaban J connectivity index is 1.62. The number of nitrogens with zero attached hydrogens (tertiary/aromatic N) is 3. The normalized spacial score (nSPS) is 20.1. The van der Waals surface area contributed by atoms with Crippen LogP contribution in [0.3, 0.4) is 0 Å². The molecule has 1 aromatic heterocycles. The zero-order valence-corrected chi connectivity index (χ0v) is 15.3. The Hall–Kier alpha value is -1.63. The van der Waals surface area contributed by atoms with Gasteiger partial charge in [-0.3, -0.25) is 4.90 Å². The molecule has 2 unspecified atom stereocenters. The third-order valence-corrected chi connectivity index (χ3v) is 4.49. The third kappa shape index (κ3) is 5.78. The molecule has 7 nitrogen and oxygen atoms in total. The topological polar surface area (TPSA) is 83.3 Å². The van der Waals surface area contributed by atoms with Crippen molar-refractivity contribution in [1.29, 1.82) is 0 Å². The summed E-state index contributed by atoms with van der Waals surface area (Å²) < 4.78 is 5.16. The Labute approximate surface area is 144 Å². The molecule has 24 heavy (non-hydrogen) atoms. The summed E-state index contributed by atoms with van der Waals surface area (Å²) in [5.41, 5.74) is 0. The second-order valence-corrected chi connectivity index (χ2v) is 7.18. The summed E-state index contributed by atoms with van der Waals surface area (Å²) in [4.78, 5) is 18.6. The SMILES string of the molecule is CC1CCCN(C(C)CNC(=O)NCCc2nc(C(C)C)no2)C1. The van der Waals surface area contributed by atoms with Crippen molar-refractivity contribution in [3.05, 3.63) is 11.7 Å². The molecule has 0 radical (unpaired) electrons. The molecular formula is C17H31N5O2. The Kier molecular flexibility index (Phi) is 7.02. The van der Waals surface area contributed by atoms with Crippen LogP contribution in [0.5, 0.6) is 0 Å². The van der Waals surface area contributed by atoms with Crippen LogP contribution < -0.4 is 10.6 Å². The number of rotatable bonds is 7. The minimum Gasteiger partial charge on any atom is -0.339 e. The lowest BCUT2D eigenvalue weighted by molar-refractivity contribution is 0.137. The Bertz CT molecular complexity index is 517.